The lowest BCUT2D eigenvalue weighted by atomic mass is 10.1. The van der Waals surface area contributed by atoms with Crippen molar-refractivity contribution in [3.8, 4) is 0 Å². The van der Waals surface area contributed by atoms with Crippen molar-refractivity contribution >= 4 is 12.6 Å². The molecule has 2 nitrogen and oxygen atoms in total. The highest BCUT2D eigenvalue weighted by atomic mass is 16.1. The maximum Gasteiger partial charge on any atom is 0.228 e. The second-order valence-electron chi connectivity index (χ2n) is 3.26. The van der Waals surface area contributed by atoms with Crippen molar-refractivity contribution in [3.05, 3.63) is 23.3 Å². The number of carbonyl (C=O) groups excluding carboxylic acids is 2. The second kappa shape index (κ2) is 8.42. The average Bonchev–Trinajstić information content (AvgIpc) is 2.22. The van der Waals surface area contributed by atoms with Crippen LogP contribution in [-0.2, 0) is 9.59 Å². The van der Waals surface area contributed by atoms with Crippen LogP contribution < -0.4 is 0 Å². The molecule has 0 bridgehead atoms. The van der Waals surface area contributed by atoms with Crippen LogP contribution in [0.15, 0.2) is 23.3 Å². The maximum absolute atomic E-state index is 10.1. The van der Waals surface area contributed by atoms with E-state index in [1.165, 1.54) is 0 Å². The summed E-state index contributed by atoms with van der Waals surface area (Å²) in [6, 6.07) is 0. The lowest BCUT2D eigenvalue weighted by molar-refractivity contribution is 0.560. The van der Waals surface area contributed by atoms with Gasteiger partial charge < -0.3 is 0 Å². The minimum atomic E-state index is 0.665. The molecule has 0 unspecified atom stereocenters. The van der Waals surface area contributed by atoms with Crippen LogP contribution in [0, 0.1) is 0 Å². The van der Waals surface area contributed by atoms with Crippen LogP contribution in [0.4, 0.5) is 0 Å². The van der Waals surface area contributed by atoms with Gasteiger partial charge in [0, 0.05) is 0 Å². The molecule has 0 fully saturated rings. The molecule has 0 atom stereocenters. The van der Waals surface area contributed by atoms with Gasteiger partial charge >= 0.3 is 0 Å². The SMILES string of the molecule is CC([C]=O)=CCCCCC=C(C)[C]=O. The third-order valence-electron chi connectivity index (χ3n) is 1.88. The van der Waals surface area contributed by atoms with Gasteiger partial charge in [-0.25, -0.2) is 0 Å². The number of hydrogen-bond donors (Lipinski definition) is 0. The normalized spacial score (nSPS) is 12.7. The molecule has 0 N–H and O–H groups in total. The first-order valence-electron chi connectivity index (χ1n) is 4.80. The van der Waals surface area contributed by atoms with Crippen LogP contribution in [0.2, 0.25) is 0 Å². The Kier molecular flexibility index (Phi) is 7.71. The number of rotatable bonds is 7. The Morgan fingerprint density at radius 1 is 0.929 bits per heavy atom. The van der Waals surface area contributed by atoms with Gasteiger partial charge in [-0.3, -0.25) is 9.59 Å². The van der Waals surface area contributed by atoms with Gasteiger partial charge in [-0.05, 0) is 50.7 Å². The Morgan fingerprint density at radius 3 is 1.57 bits per heavy atom. The van der Waals surface area contributed by atoms with Gasteiger partial charge in [-0.15, -0.1) is 0 Å². The molecule has 2 radical (unpaired) electrons. The first-order valence-corrected chi connectivity index (χ1v) is 4.80. The zero-order valence-corrected chi connectivity index (χ0v) is 8.80. The monoisotopic (exact) mass is 192 g/mol. The van der Waals surface area contributed by atoms with E-state index < -0.39 is 0 Å². The Morgan fingerprint density at radius 2 is 1.29 bits per heavy atom. The van der Waals surface area contributed by atoms with Gasteiger partial charge in [-0.1, -0.05) is 12.2 Å². The first kappa shape index (κ1) is 12.8. The molecule has 0 aliphatic carbocycles. The zero-order chi connectivity index (χ0) is 10.8. The quantitative estimate of drug-likeness (QED) is 0.459. The fourth-order valence-electron chi connectivity index (χ4n) is 1.01. The molecular weight excluding hydrogens is 176 g/mol. The number of hydrogen-bond acceptors (Lipinski definition) is 2. The highest BCUT2D eigenvalue weighted by Crippen LogP contribution is 2.04. The fraction of sp³-hybridized carbons (Fsp3) is 0.500. The van der Waals surface area contributed by atoms with Crippen molar-refractivity contribution in [2.75, 3.05) is 0 Å². The Hall–Kier alpha value is -1.18. The maximum atomic E-state index is 10.1. The van der Waals surface area contributed by atoms with Crippen molar-refractivity contribution < 1.29 is 9.59 Å². The Labute approximate surface area is 85.7 Å². The van der Waals surface area contributed by atoms with E-state index in [9.17, 15) is 9.59 Å². The molecule has 0 aliphatic heterocycles. The van der Waals surface area contributed by atoms with Crippen LogP contribution in [0.25, 0.3) is 0 Å². The molecule has 0 aromatic carbocycles. The third-order valence-corrected chi connectivity index (χ3v) is 1.88. The van der Waals surface area contributed by atoms with E-state index in [0.717, 1.165) is 25.7 Å². The molecule has 0 heterocycles. The lowest BCUT2D eigenvalue weighted by Crippen LogP contribution is -1.80. The number of allylic oxidation sites excluding steroid dienone is 4. The van der Waals surface area contributed by atoms with E-state index in [1.807, 2.05) is 24.7 Å². The summed E-state index contributed by atoms with van der Waals surface area (Å²) in [5.74, 6) is 0. The fourth-order valence-corrected chi connectivity index (χ4v) is 1.01. The highest BCUT2D eigenvalue weighted by Gasteiger charge is 1.89. The lowest BCUT2D eigenvalue weighted by Gasteiger charge is -1.94. The Bertz CT molecular complexity index is 211. The summed E-state index contributed by atoms with van der Waals surface area (Å²) >= 11 is 0. The van der Waals surface area contributed by atoms with E-state index >= 15 is 0 Å². The van der Waals surface area contributed by atoms with Crippen LogP contribution in [-0.4, -0.2) is 12.6 Å². The van der Waals surface area contributed by atoms with Gasteiger partial charge in [0.05, 0.1) is 0 Å². The molecule has 0 aromatic rings. The summed E-state index contributed by atoms with van der Waals surface area (Å²) in [4.78, 5) is 20.2. The molecule has 0 saturated carbocycles. The topological polar surface area (TPSA) is 34.1 Å². The molecule has 2 heteroatoms. The van der Waals surface area contributed by atoms with Crippen molar-refractivity contribution in [3.63, 3.8) is 0 Å². The molecule has 0 saturated heterocycles. The second-order valence-corrected chi connectivity index (χ2v) is 3.26. The smallest absolute Gasteiger partial charge is 0.228 e. The van der Waals surface area contributed by atoms with Crippen molar-refractivity contribution in [2.45, 2.75) is 39.5 Å². The summed E-state index contributed by atoms with van der Waals surface area (Å²) in [6.07, 6.45) is 11.3. The van der Waals surface area contributed by atoms with Gasteiger partial charge in [0.1, 0.15) is 0 Å². The van der Waals surface area contributed by atoms with E-state index in [2.05, 4.69) is 0 Å². The standard InChI is InChI=1S/C12H16O2/c1-11(9-13)7-5-3-4-6-8-12(2)10-14/h7-8H,3-6H2,1-2H3. The summed E-state index contributed by atoms with van der Waals surface area (Å²) in [5.41, 5.74) is 1.33. The van der Waals surface area contributed by atoms with Gasteiger partial charge in [0.25, 0.3) is 0 Å². The Balaban J connectivity index is 3.48. The van der Waals surface area contributed by atoms with Gasteiger partial charge in [0.15, 0.2) is 0 Å². The summed E-state index contributed by atoms with van der Waals surface area (Å²) in [7, 11) is 0. The van der Waals surface area contributed by atoms with Crippen LogP contribution in [0.3, 0.4) is 0 Å². The molecule has 0 spiro atoms. The van der Waals surface area contributed by atoms with Crippen LogP contribution in [0.1, 0.15) is 39.5 Å². The highest BCUT2D eigenvalue weighted by molar-refractivity contribution is 5.73. The zero-order valence-electron chi connectivity index (χ0n) is 8.80. The summed E-state index contributed by atoms with van der Waals surface area (Å²) in [5, 5.41) is 0. The number of unbranched alkanes of at least 4 members (excludes halogenated alkanes) is 3. The molecule has 0 amide bonds. The van der Waals surface area contributed by atoms with E-state index in [4.69, 9.17) is 0 Å². The molecule has 0 rings (SSSR count). The predicted octanol–water partition coefficient (Wildman–Crippen LogP) is 2.66. The molecular formula is C12H16O2. The largest absolute Gasteiger partial charge is 0.285 e. The summed E-state index contributed by atoms with van der Waals surface area (Å²) < 4.78 is 0. The van der Waals surface area contributed by atoms with E-state index in [1.54, 1.807) is 13.8 Å². The predicted molar refractivity (Wildman–Crippen MR) is 57.4 cm³/mol. The molecule has 76 valence electrons. The van der Waals surface area contributed by atoms with Crippen molar-refractivity contribution in [1.29, 1.82) is 0 Å². The van der Waals surface area contributed by atoms with Crippen LogP contribution in [0.5, 0.6) is 0 Å². The third kappa shape index (κ3) is 7.47. The summed E-state index contributed by atoms with van der Waals surface area (Å²) in [6.45, 7) is 3.50. The molecule has 14 heavy (non-hydrogen) atoms. The molecule has 0 aromatic heterocycles. The minimum Gasteiger partial charge on any atom is -0.285 e. The average molecular weight is 192 g/mol. The van der Waals surface area contributed by atoms with Crippen LogP contribution >= 0.6 is 0 Å². The minimum absolute atomic E-state index is 0.665. The van der Waals surface area contributed by atoms with Gasteiger partial charge in [0.2, 0.25) is 12.6 Å². The molecule has 0 aliphatic rings. The van der Waals surface area contributed by atoms with E-state index in [-0.39, 0.29) is 0 Å². The van der Waals surface area contributed by atoms with Gasteiger partial charge in [-0.2, -0.15) is 0 Å². The first-order chi connectivity index (χ1) is 6.70. The van der Waals surface area contributed by atoms with E-state index in [0.29, 0.717) is 11.1 Å². The van der Waals surface area contributed by atoms with Crippen molar-refractivity contribution in [2.24, 2.45) is 0 Å². The van der Waals surface area contributed by atoms with Crippen molar-refractivity contribution in [1.82, 2.24) is 0 Å².